The number of rotatable bonds is 8. The number of hydrogen-bond acceptors (Lipinski definition) is 5. The van der Waals surface area contributed by atoms with E-state index in [-0.39, 0.29) is 11.5 Å². The van der Waals surface area contributed by atoms with Crippen LogP contribution in [0.25, 0.3) is 0 Å². The number of para-hydroxylation sites is 1. The first-order valence-corrected chi connectivity index (χ1v) is 11.4. The topological polar surface area (TPSA) is 77.0 Å². The van der Waals surface area contributed by atoms with Gasteiger partial charge in [-0.1, -0.05) is 53.0 Å². The highest BCUT2D eigenvalue weighted by Gasteiger charge is 2.13. The number of hydrogen-bond donors (Lipinski definition) is 1. The van der Waals surface area contributed by atoms with Crippen LogP contribution in [-0.2, 0) is 16.6 Å². The van der Waals surface area contributed by atoms with Gasteiger partial charge in [0.25, 0.3) is 10.0 Å². The maximum Gasteiger partial charge on any atom is 0.276 e. The molecule has 0 aliphatic carbocycles. The van der Waals surface area contributed by atoms with Gasteiger partial charge in [0.15, 0.2) is 11.5 Å². The number of benzene rings is 3. The van der Waals surface area contributed by atoms with Gasteiger partial charge in [-0.15, -0.1) is 0 Å². The molecule has 0 saturated carbocycles. The van der Waals surface area contributed by atoms with E-state index < -0.39 is 10.0 Å². The summed E-state index contributed by atoms with van der Waals surface area (Å²) < 4.78 is 36.1. The zero-order chi connectivity index (χ0) is 22.4. The minimum atomic E-state index is -3.79. The van der Waals surface area contributed by atoms with Crippen molar-refractivity contribution < 1.29 is 17.9 Å². The third-order valence-corrected chi connectivity index (χ3v) is 6.28. The molecule has 1 N–H and O–H groups in total. The quantitative estimate of drug-likeness (QED) is 0.356. The van der Waals surface area contributed by atoms with E-state index in [0.29, 0.717) is 27.1 Å². The van der Waals surface area contributed by atoms with Crippen LogP contribution in [0.2, 0.25) is 10.0 Å². The lowest BCUT2D eigenvalue weighted by molar-refractivity contribution is 0.284. The summed E-state index contributed by atoms with van der Waals surface area (Å²) >= 11 is 12.0. The van der Waals surface area contributed by atoms with Crippen LogP contribution in [0, 0.1) is 6.92 Å². The van der Waals surface area contributed by atoms with Crippen molar-refractivity contribution in [1.29, 1.82) is 0 Å². The Kier molecular flexibility index (Phi) is 7.43. The standard InChI is InChI=1S/C22H20Cl2N2O4S/c1-15-6-9-18(10-7-15)31(27,28)26-25-13-17-4-3-5-21(29-2)22(17)30-14-16-8-11-19(23)20(24)12-16/h3-13,26H,14H2,1-2H3/b25-13-. The molecular formula is C22H20Cl2N2O4S. The zero-order valence-electron chi connectivity index (χ0n) is 16.8. The molecule has 31 heavy (non-hydrogen) atoms. The van der Waals surface area contributed by atoms with E-state index in [9.17, 15) is 8.42 Å². The Morgan fingerprint density at radius 3 is 2.45 bits per heavy atom. The Hall–Kier alpha value is -2.74. The average Bonchev–Trinajstić information content (AvgIpc) is 2.75. The van der Waals surface area contributed by atoms with Crippen LogP contribution in [0.3, 0.4) is 0 Å². The molecule has 0 amide bonds. The number of nitrogens with one attached hydrogen (secondary N) is 1. The first-order valence-electron chi connectivity index (χ1n) is 9.15. The predicted molar refractivity (Wildman–Crippen MR) is 123 cm³/mol. The SMILES string of the molecule is COc1cccc(/C=N\NS(=O)(=O)c2ccc(C)cc2)c1OCc1ccc(Cl)c(Cl)c1. The third-order valence-electron chi connectivity index (χ3n) is 4.30. The predicted octanol–water partition coefficient (Wildman–Crippen LogP) is 5.20. The number of hydrazone groups is 1. The van der Waals surface area contributed by atoms with Crippen molar-refractivity contribution in [1.82, 2.24) is 4.83 Å². The molecule has 3 aromatic carbocycles. The lowest BCUT2D eigenvalue weighted by Gasteiger charge is -2.13. The van der Waals surface area contributed by atoms with Gasteiger partial charge in [-0.2, -0.15) is 13.5 Å². The molecule has 0 radical (unpaired) electrons. The van der Waals surface area contributed by atoms with Gasteiger partial charge in [-0.25, -0.2) is 4.83 Å². The van der Waals surface area contributed by atoms with Crippen LogP contribution in [-0.4, -0.2) is 21.7 Å². The second-order valence-corrected chi connectivity index (χ2v) is 9.06. The molecule has 0 saturated heterocycles. The maximum atomic E-state index is 12.4. The summed E-state index contributed by atoms with van der Waals surface area (Å²) in [6.07, 6.45) is 1.36. The Morgan fingerprint density at radius 2 is 1.77 bits per heavy atom. The molecule has 0 aliphatic rings. The molecule has 9 heteroatoms. The summed E-state index contributed by atoms with van der Waals surface area (Å²) in [5.41, 5.74) is 2.30. The van der Waals surface area contributed by atoms with E-state index in [0.717, 1.165) is 11.1 Å². The van der Waals surface area contributed by atoms with Crippen molar-refractivity contribution in [2.75, 3.05) is 7.11 Å². The van der Waals surface area contributed by atoms with Gasteiger partial charge in [0.05, 0.1) is 28.3 Å². The molecule has 3 aromatic rings. The van der Waals surface area contributed by atoms with Crippen LogP contribution in [0.1, 0.15) is 16.7 Å². The first kappa shape index (κ1) is 22.9. The summed E-state index contributed by atoms with van der Waals surface area (Å²) in [6, 6.07) is 16.9. The largest absolute Gasteiger partial charge is 0.493 e. The van der Waals surface area contributed by atoms with E-state index in [4.69, 9.17) is 32.7 Å². The van der Waals surface area contributed by atoms with Gasteiger partial charge < -0.3 is 9.47 Å². The number of ether oxygens (including phenoxy) is 2. The molecule has 0 atom stereocenters. The van der Waals surface area contributed by atoms with E-state index in [1.54, 1.807) is 48.5 Å². The van der Waals surface area contributed by atoms with Crippen LogP contribution in [0.4, 0.5) is 0 Å². The van der Waals surface area contributed by atoms with Crippen LogP contribution < -0.4 is 14.3 Å². The third kappa shape index (κ3) is 5.91. The van der Waals surface area contributed by atoms with Crippen molar-refractivity contribution in [2.45, 2.75) is 18.4 Å². The Morgan fingerprint density at radius 1 is 1.03 bits per heavy atom. The van der Waals surface area contributed by atoms with Gasteiger partial charge in [-0.3, -0.25) is 0 Å². The van der Waals surface area contributed by atoms with E-state index >= 15 is 0 Å². The van der Waals surface area contributed by atoms with Crippen LogP contribution in [0.15, 0.2) is 70.7 Å². The Bertz CT molecular complexity index is 1200. The fourth-order valence-corrected chi connectivity index (χ4v) is 3.78. The fourth-order valence-electron chi connectivity index (χ4n) is 2.67. The lowest BCUT2D eigenvalue weighted by atomic mass is 10.2. The van der Waals surface area contributed by atoms with Crippen molar-refractivity contribution in [2.24, 2.45) is 5.10 Å². The van der Waals surface area contributed by atoms with E-state index in [1.807, 2.05) is 6.92 Å². The molecule has 0 bridgehead atoms. The molecular weight excluding hydrogens is 459 g/mol. The summed E-state index contributed by atoms with van der Waals surface area (Å²) in [5, 5.41) is 4.77. The normalized spacial score (nSPS) is 11.5. The molecule has 3 rings (SSSR count). The number of aryl methyl sites for hydroxylation is 1. The van der Waals surface area contributed by atoms with Crippen molar-refractivity contribution >= 4 is 39.4 Å². The Labute approximate surface area is 191 Å². The summed E-state index contributed by atoms with van der Waals surface area (Å²) in [5.74, 6) is 0.889. The first-order chi connectivity index (χ1) is 14.8. The lowest BCUT2D eigenvalue weighted by Crippen LogP contribution is -2.18. The number of halogens is 2. The number of nitrogens with zero attached hydrogens (tertiary/aromatic N) is 1. The monoisotopic (exact) mass is 478 g/mol. The summed E-state index contributed by atoms with van der Waals surface area (Å²) in [6.45, 7) is 2.08. The summed E-state index contributed by atoms with van der Waals surface area (Å²) in [4.78, 5) is 2.33. The molecule has 0 spiro atoms. The molecule has 0 aromatic heterocycles. The smallest absolute Gasteiger partial charge is 0.276 e. The second kappa shape index (κ2) is 10.0. The van der Waals surface area contributed by atoms with Crippen molar-refractivity contribution in [3.05, 3.63) is 87.4 Å². The van der Waals surface area contributed by atoms with Gasteiger partial charge in [0, 0.05) is 5.56 Å². The number of methoxy groups -OCH3 is 1. The molecule has 6 nitrogen and oxygen atoms in total. The van der Waals surface area contributed by atoms with Gasteiger partial charge in [0.1, 0.15) is 6.61 Å². The van der Waals surface area contributed by atoms with E-state index in [2.05, 4.69) is 9.93 Å². The van der Waals surface area contributed by atoms with E-state index in [1.165, 1.54) is 25.5 Å². The van der Waals surface area contributed by atoms with Crippen LogP contribution >= 0.6 is 23.2 Å². The Balaban J connectivity index is 1.79. The fraction of sp³-hybridized carbons (Fsp3) is 0.136. The van der Waals surface area contributed by atoms with Gasteiger partial charge in [-0.05, 0) is 48.9 Å². The minimum absolute atomic E-state index is 0.122. The molecule has 0 heterocycles. The second-order valence-electron chi connectivity index (χ2n) is 6.58. The summed E-state index contributed by atoms with van der Waals surface area (Å²) in [7, 11) is -2.27. The highest BCUT2D eigenvalue weighted by Crippen LogP contribution is 2.31. The molecule has 0 aliphatic heterocycles. The van der Waals surface area contributed by atoms with Crippen molar-refractivity contribution in [3.63, 3.8) is 0 Å². The maximum absolute atomic E-state index is 12.4. The van der Waals surface area contributed by atoms with Gasteiger partial charge >= 0.3 is 0 Å². The molecule has 162 valence electrons. The van der Waals surface area contributed by atoms with Crippen LogP contribution in [0.5, 0.6) is 11.5 Å². The average molecular weight is 479 g/mol. The van der Waals surface area contributed by atoms with Gasteiger partial charge in [0.2, 0.25) is 0 Å². The highest BCUT2D eigenvalue weighted by atomic mass is 35.5. The molecule has 0 fully saturated rings. The van der Waals surface area contributed by atoms with Crippen molar-refractivity contribution in [3.8, 4) is 11.5 Å². The zero-order valence-corrected chi connectivity index (χ0v) is 19.1. The number of sulfonamides is 1. The minimum Gasteiger partial charge on any atom is -0.493 e. The highest BCUT2D eigenvalue weighted by molar-refractivity contribution is 7.89. The molecule has 0 unspecified atom stereocenters.